The van der Waals surface area contributed by atoms with E-state index in [9.17, 15) is 13.2 Å². The highest BCUT2D eigenvalue weighted by Gasteiger charge is 2.23. The Bertz CT molecular complexity index is 573. The fourth-order valence-corrected chi connectivity index (χ4v) is 3.46. The minimum absolute atomic E-state index is 0.131. The number of likely N-dealkylation sites (N-methyl/N-ethyl adjacent to an activating group) is 2. The third-order valence-corrected chi connectivity index (χ3v) is 4.89. The van der Waals surface area contributed by atoms with Gasteiger partial charge in [-0.1, -0.05) is 31.2 Å². The van der Waals surface area contributed by atoms with Gasteiger partial charge in [0.2, 0.25) is 15.9 Å². The Morgan fingerprint density at radius 2 is 1.95 bits per heavy atom. The third-order valence-electron chi connectivity index (χ3n) is 3.02. The summed E-state index contributed by atoms with van der Waals surface area (Å²) < 4.78 is 26.0. The van der Waals surface area contributed by atoms with Gasteiger partial charge in [0.1, 0.15) is 0 Å². The zero-order chi connectivity index (χ0) is 15.9. The number of hydrogen-bond donors (Lipinski definition) is 2. The highest BCUT2D eigenvalue weighted by atomic mass is 32.2. The summed E-state index contributed by atoms with van der Waals surface area (Å²) in [5.41, 5.74) is 7.11. The number of benzene rings is 1. The quantitative estimate of drug-likeness (QED) is 0.728. The van der Waals surface area contributed by atoms with E-state index in [2.05, 4.69) is 5.32 Å². The van der Waals surface area contributed by atoms with Crippen LogP contribution in [0.2, 0.25) is 0 Å². The van der Waals surface area contributed by atoms with E-state index < -0.39 is 10.0 Å². The molecule has 0 radical (unpaired) electrons. The largest absolute Gasteiger partial charge is 0.355 e. The van der Waals surface area contributed by atoms with Crippen LogP contribution in [-0.2, 0) is 27.1 Å². The number of nitrogens with two attached hydrogens (primary N) is 1. The van der Waals surface area contributed by atoms with Gasteiger partial charge in [-0.3, -0.25) is 4.79 Å². The summed E-state index contributed by atoms with van der Waals surface area (Å²) in [5, 5.41) is 2.60. The molecule has 0 aliphatic heterocycles. The highest BCUT2D eigenvalue weighted by Crippen LogP contribution is 2.12. The van der Waals surface area contributed by atoms with Crippen LogP contribution in [0.25, 0.3) is 0 Å². The van der Waals surface area contributed by atoms with Crippen molar-refractivity contribution in [1.82, 2.24) is 9.62 Å². The van der Waals surface area contributed by atoms with Crippen LogP contribution in [0.1, 0.15) is 25.0 Å². The molecule has 118 valence electrons. The monoisotopic (exact) mass is 313 g/mol. The maximum absolute atomic E-state index is 12.4. The Morgan fingerprint density at radius 1 is 1.29 bits per heavy atom. The molecule has 1 amide bonds. The second kappa shape index (κ2) is 8.11. The summed E-state index contributed by atoms with van der Waals surface area (Å²) >= 11 is 0. The second-order valence-corrected chi connectivity index (χ2v) is 6.63. The van der Waals surface area contributed by atoms with Crippen molar-refractivity contribution >= 4 is 15.9 Å². The maximum atomic E-state index is 12.4. The van der Waals surface area contributed by atoms with E-state index in [0.717, 1.165) is 5.56 Å². The van der Waals surface area contributed by atoms with Crippen molar-refractivity contribution in [2.24, 2.45) is 5.73 Å². The number of hydrogen-bond acceptors (Lipinski definition) is 4. The Labute approximate surface area is 126 Å². The molecule has 0 aliphatic rings. The molecule has 0 spiro atoms. The fourth-order valence-electron chi connectivity index (χ4n) is 1.97. The van der Waals surface area contributed by atoms with Gasteiger partial charge in [-0.15, -0.1) is 0 Å². The minimum atomic E-state index is -3.53. The van der Waals surface area contributed by atoms with Crippen molar-refractivity contribution in [3.05, 3.63) is 35.4 Å². The third kappa shape index (κ3) is 5.45. The normalized spacial score (nSPS) is 11.6. The van der Waals surface area contributed by atoms with Crippen molar-refractivity contribution in [2.75, 3.05) is 19.6 Å². The molecule has 0 saturated heterocycles. The summed E-state index contributed by atoms with van der Waals surface area (Å²) in [7, 11) is -3.53. The molecule has 0 unspecified atom stereocenters. The maximum Gasteiger partial charge on any atom is 0.235 e. The average molecular weight is 313 g/mol. The van der Waals surface area contributed by atoms with Crippen molar-refractivity contribution in [3.63, 3.8) is 0 Å². The predicted octanol–water partition coefficient (Wildman–Crippen LogP) is 0.433. The van der Waals surface area contributed by atoms with Gasteiger partial charge in [0.25, 0.3) is 0 Å². The second-order valence-electron chi connectivity index (χ2n) is 4.66. The summed E-state index contributed by atoms with van der Waals surface area (Å²) in [6.07, 6.45) is 0. The summed E-state index contributed by atoms with van der Waals surface area (Å²) in [6, 6.07) is 7.16. The van der Waals surface area contributed by atoms with Crippen LogP contribution in [0.3, 0.4) is 0 Å². The zero-order valence-electron chi connectivity index (χ0n) is 12.5. The zero-order valence-corrected chi connectivity index (χ0v) is 13.3. The van der Waals surface area contributed by atoms with E-state index in [1.165, 1.54) is 4.31 Å². The molecule has 0 aromatic heterocycles. The molecule has 0 aliphatic carbocycles. The molecule has 1 aromatic rings. The van der Waals surface area contributed by atoms with Crippen LogP contribution in [0, 0.1) is 0 Å². The summed E-state index contributed by atoms with van der Waals surface area (Å²) in [5.74, 6) is -0.424. The van der Waals surface area contributed by atoms with E-state index >= 15 is 0 Å². The molecular weight excluding hydrogens is 290 g/mol. The van der Waals surface area contributed by atoms with Gasteiger partial charge < -0.3 is 11.1 Å². The van der Waals surface area contributed by atoms with E-state index in [0.29, 0.717) is 18.7 Å². The Balaban J connectivity index is 2.84. The van der Waals surface area contributed by atoms with E-state index in [1.807, 2.05) is 6.07 Å². The SMILES string of the molecule is CCNC(=O)CN(CC)S(=O)(=O)Cc1cccc(CN)c1. The Hall–Kier alpha value is -1.44. The number of amides is 1. The van der Waals surface area contributed by atoms with Gasteiger partial charge in [0.15, 0.2) is 0 Å². The van der Waals surface area contributed by atoms with Gasteiger partial charge in [-0.25, -0.2) is 8.42 Å². The number of sulfonamides is 1. The lowest BCUT2D eigenvalue weighted by Gasteiger charge is -2.20. The first-order valence-corrected chi connectivity index (χ1v) is 8.56. The molecule has 0 heterocycles. The molecule has 0 fully saturated rings. The topological polar surface area (TPSA) is 92.5 Å². The van der Waals surface area contributed by atoms with Crippen LogP contribution >= 0.6 is 0 Å². The van der Waals surface area contributed by atoms with Crippen molar-refractivity contribution < 1.29 is 13.2 Å². The van der Waals surface area contributed by atoms with Crippen molar-refractivity contribution in [1.29, 1.82) is 0 Å². The lowest BCUT2D eigenvalue weighted by Crippen LogP contribution is -2.41. The van der Waals surface area contributed by atoms with Gasteiger partial charge in [-0.2, -0.15) is 4.31 Å². The average Bonchev–Trinajstić information content (AvgIpc) is 2.44. The molecule has 3 N–H and O–H groups in total. The molecule has 7 heteroatoms. The summed E-state index contributed by atoms with van der Waals surface area (Å²) in [4.78, 5) is 11.6. The Morgan fingerprint density at radius 3 is 2.52 bits per heavy atom. The predicted molar refractivity (Wildman–Crippen MR) is 82.9 cm³/mol. The Kier molecular flexibility index (Phi) is 6.80. The minimum Gasteiger partial charge on any atom is -0.355 e. The first-order chi connectivity index (χ1) is 9.92. The summed E-state index contributed by atoms with van der Waals surface area (Å²) in [6.45, 7) is 4.46. The first kappa shape index (κ1) is 17.6. The molecule has 1 aromatic carbocycles. The molecule has 6 nitrogen and oxygen atoms in total. The highest BCUT2D eigenvalue weighted by molar-refractivity contribution is 7.88. The number of nitrogens with zero attached hydrogens (tertiary/aromatic N) is 1. The van der Waals surface area contributed by atoms with Crippen LogP contribution in [0.4, 0.5) is 0 Å². The van der Waals surface area contributed by atoms with E-state index in [-0.39, 0.29) is 24.7 Å². The molecular formula is C14H23N3O3S. The smallest absolute Gasteiger partial charge is 0.235 e. The molecule has 1 rings (SSSR count). The lowest BCUT2D eigenvalue weighted by atomic mass is 10.1. The van der Waals surface area contributed by atoms with Gasteiger partial charge in [0, 0.05) is 19.6 Å². The first-order valence-electron chi connectivity index (χ1n) is 6.95. The number of rotatable bonds is 8. The molecule has 0 atom stereocenters. The van der Waals surface area contributed by atoms with Crippen LogP contribution in [0.15, 0.2) is 24.3 Å². The fraction of sp³-hybridized carbons (Fsp3) is 0.500. The number of nitrogens with one attached hydrogen (secondary N) is 1. The van der Waals surface area contributed by atoms with E-state index in [1.54, 1.807) is 32.0 Å². The molecule has 21 heavy (non-hydrogen) atoms. The molecule has 0 bridgehead atoms. The van der Waals surface area contributed by atoms with Gasteiger partial charge in [0.05, 0.1) is 12.3 Å². The van der Waals surface area contributed by atoms with Crippen LogP contribution < -0.4 is 11.1 Å². The standard InChI is InChI=1S/C14H23N3O3S/c1-3-16-14(18)10-17(4-2)21(19,20)11-13-7-5-6-12(8-13)9-15/h5-8H,3-4,9-11,15H2,1-2H3,(H,16,18). The van der Waals surface area contributed by atoms with Gasteiger partial charge in [-0.05, 0) is 18.1 Å². The van der Waals surface area contributed by atoms with Crippen LogP contribution in [-0.4, -0.2) is 38.3 Å². The van der Waals surface area contributed by atoms with Gasteiger partial charge >= 0.3 is 0 Å². The van der Waals surface area contributed by atoms with E-state index in [4.69, 9.17) is 5.73 Å². The molecule has 0 saturated carbocycles. The lowest BCUT2D eigenvalue weighted by molar-refractivity contribution is -0.121. The van der Waals surface area contributed by atoms with Crippen LogP contribution in [0.5, 0.6) is 0 Å². The van der Waals surface area contributed by atoms with Crippen molar-refractivity contribution in [2.45, 2.75) is 26.1 Å². The number of carbonyl (C=O) groups is 1. The van der Waals surface area contributed by atoms with Crippen molar-refractivity contribution in [3.8, 4) is 0 Å². The number of carbonyl (C=O) groups excluding carboxylic acids is 1.